The van der Waals surface area contributed by atoms with Gasteiger partial charge in [0.15, 0.2) is 0 Å². The molecule has 5 heteroatoms. The van der Waals surface area contributed by atoms with Gasteiger partial charge in [0.1, 0.15) is 0 Å². The van der Waals surface area contributed by atoms with Gasteiger partial charge in [0.25, 0.3) is 0 Å². The normalized spacial score (nSPS) is 11.1. The van der Waals surface area contributed by atoms with Crippen LogP contribution in [0.15, 0.2) is 271 Å². The largest absolute Gasteiger partial charge is 0.399 e. The standard InChI is InChI=1S/C34H23NS.C22H13BrS.C12H11N/c1-2-7-23(8-3-1)24-13-18-27(19-14-24)35-28-20-15-26(16-21-28)30-11-6-12-31-33-29-10-5-4-9-25(29)17-22-32(33)36-34(30)31;23-16-11-8-15(9-12-16)18-6-3-7-19-21-17-5-2-1-4-14(17)10-13-20(21)24-22(18)19;13-12-8-6-11(7-9-12)10-4-2-1-3-5-10/h1-22,35H;1-13H;1-9H,13H2. The molecule has 12 aromatic carbocycles. The Bertz CT molecular complexity index is 4200. The molecule has 14 aromatic rings. The first kappa shape index (κ1) is 45.8. The second-order valence-corrected chi connectivity index (χ2v) is 21.0. The summed E-state index contributed by atoms with van der Waals surface area (Å²) in [6.45, 7) is 0. The molecule has 2 heterocycles. The maximum absolute atomic E-state index is 5.60. The lowest BCUT2D eigenvalue weighted by atomic mass is 10.00. The molecule has 2 nitrogen and oxygen atoms in total. The van der Waals surface area contributed by atoms with Crippen LogP contribution in [0.4, 0.5) is 17.1 Å². The minimum atomic E-state index is 0.805. The van der Waals surface area contributed by atoms with Crippen LogP contribution in [0, 0.1) is 0 Å². The summed E-state index contributed by atoms with van der Waals surface area (Å²) in [7, 11) is 0. The summed E-state index contributed by atoms with van der Waals surface area (Å²) in [6.07, 6.45) is 0. The molecule has 0 unspecified atom stereocenters. The fourth-order valence-electron chi connectivity index (χ4n) is 9.80. The molecule has 348 valence electrons. The second kappa shape index (κ2) is 20.4. The van der Waals surface area contributed by atoms with E-state index in [2.05, 4.69) is 240 Å². The lowest BCUT2D eigenvalue weighted by Crippen LogP contribution is -1.90. The second-order valence-electron chi connectivity index (χ2n) is 18.0. The van der Waals surface area contributed by atoms with E-state index in [4.69, 9.17) is 5.73 Å². The number of rotatable bonds is 6. The number of nitrogens with one attached hydrogen (secondary N) is 1. The van der Waals surface area contributed by atoms with Gasteiger partial charge in [-0.3, -0.25) is 0 Å². The lowest BCUT2D eigenvalue weighted by molar-refractivity contribution is 1.54. The Hall–Kier alpha value is -8.32. The molecule has 14 rings (SSSR count). The number of nitrogen functional groups attached to an aromatic ring is 1. The average Bonchev–Trinajstić information content (AvgIpc) is 4.05. The van der Waals surface area contributed by atoms with Gasteiger partial charge in [0, 0.05) is 61.9 Å². The van der Waals surface area contributed by atoms with Gasteiger partial charge < -0.3 is 11.1 Å². The van der Waals surface area contributed by atoms with E-state index in [1.807, 2.05) is 71.2 Å². The number of hydrogen-bond acceptors (Lipinski definition) is 4. The zero-order valence-corrected chi connectivity index (χ0v) is 42.9. The molecule has 0 fully saturated rings. The lowest BCUT2D eigenvalue weighted by Gasteiger charge is -2.10. The first-order valence-electron chi connectivity index (χ1n) is 24.4. The monoisotopic (exact) mass is 1030 g/mol. The SMILES string of the molecule is Brc1ccc(-c2cccc3c2sc2ccc4ccccc4c23)cc1.Nc1ccc(-c2ccccc2)cc1.c1ccc(-c2ccc(Nc3ccc(-c4cccc5c4sc4ccc6ccccc6c45)cc3)cc2)cc1. The first-order valence-corrected chi connectivity index (χ1v) is 26.8. The van der Waals surface area contributed by atoms with E-state index in [-0.39, 0.29) is 0 Å². The van der Waals surface area contributed by atoms with E-state index in [1.165, 1.54) is 106 Å². The van der Waals surface area contributed by atoms with Gasteiger partial charge in [0.05, 0.1) is 0 Å². The topological polar surface area (TPSA) is 38.0 Å². The number of fused-ring (bicyclic) bond motifs is 10. The summed E-state index contributed by atoms with van der Waals surface area (Å²) in [6, 6.07) is 94.3. The van der Waals surface area contributed by atoms with Crippen molar-refractivity contribution in [1.82, 2.24) is 0 Å². The van der Waals surface area contributed by atoms with Crippen molar-refractivity contribution < 1.29 is 0 Å². The molecule has 0 aliphatic heterocycles. The number of benzene rings is 12. The van der Waals surface area contributed by atoms with Crippen LogP contribution in [0.2, 0.25) is 0 Å². The van der Waals surface area contributed by atoms with E-state index in [9.17, 15) is 0 Å². The molecule has 0 saturated carbocycles. The van der Waals surface area contributed by atoms with Gasteiger partial charge in [-0.25, -0.2) is 0 Å². The molecule has 0 aliphatic carbocycles. The molecular formula is C68H47BrN2S2. The summed E-state index contributed by atoms with van der Waals surface area (Å²) < 4.78 is 6.52. The summed E-state index contributed by atoms with van der Waals surface area (Å²) >= 11 is 7.30. The van der Waals surface area contributed by atoms with Crippen LogP contribution in [0.1, 0.15) is 0 Å². The minimum Gasteiger partial charge on any atom is -0.399 e. The highest BCUT2D eigenvalue weighted by Crippen LogP contribution is 2.44. The zero-order chi connectivity index (χ0) is 49.1. The summed E-state index contributed by atoms with van der Waals surface area (Å²) in [4.78, 5) is 0. The van der Waals surface area contributed by atoms with Crippen molar-refractivity contribution in [3.8, 4) is 44.5 Å². The Balaban J connectivity index is 0.000000125. The van der Waals surface area contributed by atoms with Crippen molar-refractivity contribution in [3.05, 3.63) is 271 Å². The van der Waals surface area contributed by atoms with Crippen molar-refractivity contribution in [1.29, 1.82) is 0 Å². The van der Waals surface area contributed by atoms with Crippen molar-refractivity contribution in [2.75, 3.05) is 11.1 Å². The van der Waals surface area contributed by atoms with Gasteiger partial charge in [-0.2, -0.15) is 0 Å². The fourth-order valence-corrected chi connectivity index (χ4v) is 12.6. The third-order valence-corrected chi connectivity index (χ3v) is 16.4. The van der Waals surface area contributed by atoms with Crippen LogP contribution in [0.25, 0.3) is 106 Å². The van der Waals surface area contributed by atoms with Crippen LogP contribution in [-0.2, 0) is 0 Å². The number of nitrogens with two attached hydrogens (primary N) is 1. The molecule has 0 radical (unpaired) electrons. The molecule has 2 aromatic heterocycles. The Kier molecular flexibility index (Phi) is 12.8. The Morgan fingerprint density at radius 3 is 1.14 bits per heavy atom. The van der Waals surface area contributed by atoms with E-state index in [0.717, 1.165) is 21.5 Å². The van der Waals surface area contributed by atoms with E-state index in [1.54, 1.807) is 0 Å². The van der Waals surface area contributed by atoms with Gasteiger partial charge in [-0.15, -0.1) is 22.7 Å². The van der Waals surface area contributed by atoms with Crippen molar-refractivity contribution >= 4 is 118 Å². The summed E-state index contributed by atoms with van der Waals surface area (Å²) in [5.41, 5.74) is 18.6. The number of halogens is 1. The summed E-state index contributed by atoms with van der Waals surface area (Å²) in [5, 5.41) is 14.3. The maximum atomic E-state index is 5.60. The predicted octanol–water partition coefficient (Wildman–Crippen LogP) is 20.9. The molecule has 0 saturated heterocycles. The van der Waals surface area contributed by atoms with Gasteiger partial charge in [-0.1, -0.05) is 222 Å². The molecule has 0 spiro atoms. The molecular weight excluding hydrogens is 989 g/mol. The van der Waals surface area contributed by atoms with Gasteiger partial charge in [-0.05, 0) is 127 Å². The first-order chi connectivity index (χ1) is 36.0. The molecule has 3 N–H and O–H groups in total. The quantitative estimate of drug-likeness (QED) is 0.163. The maximum Gasteiger partial charge on any atom is 0.0434 e. The molecule has 0 aliphatic rings. The Morgan fingerprint density at radius 1 is 0.301 bits per heavy atom. The van der Waals surface area contributed by atoms with E-state index in [0.29, 0.717) is 0 Å². The highest BCUT2D eigenvalue weighted by Gasteiger charge is 2.14. The Morgan fingerprint density at radius 2 is 0.671 bits per heavy atom. The molecule has 0 bridgehead atoms. The van der Waals surface area contributed by atoms with Gasteiger partial charge >= 0.3 is 0 Å². The fraction of sp³-hybridized carbons (Fsp3) is 0. The molecule has 73 heavy (non-hydrogen) atoms. The van der Waals surface area contributed by atoms with E-state index < -0.39 is 0 Å². The van der Waals surface area contributed by atoms with Crippen LogP contribution in [-0.4, -0.2) is 0 Å². The highest BCUT2D eigenvalue weighted by molar-refractivity contribution is 9.10. The Labute approximate surface area is 441 Å². The van der Waals surface area contributed by atoms with Crippen LogP contribution >= 0.6 is 38.6 Å². The third kappa shape index (κ3) is 9.50. The van der Waals surface area contributed by atoms with Gasteiger partial charge in [0.2, 0.25) is 0 Å². The molecule has 0 amide bonds. The highest BCUT2D eigenvalue weighted by atomic mass is 79.9. The van der Waals surface area contributed by atoms with Crippen LogP contribution in [0.3, 0.4) is 0 Å². The smallest absolute Gasteiger partial charge is 0.0434 e. The number of hydrogen-bond donors (Lipinski definition) is 2. The predicted molar refractivity (Wildman–Crippen MR) is 324 cm³/mol. The zero-order valence-electron chi connectivity index (χ0n) is 39.7. The van der Waals surface area contributed by atoms with E-state index >= 15 is 0 Å². The van der Waals surface area contributed by atoms with Crippen molar-refractivity contribution in [3.63, 3.8) is 0 Å². The summed E-state index contributed by atoms with van der Waals surface area (Å²) in [5.74, 6) is 0. The van der Waals surface area contributed by atoms with Crippen LogP contribution in [0.5, 0.6) is 0 Å². The average molecular weight is 1040 g/mol. The van der Waals surface area contributed by atoms with Crippen molar-refractivity contribution in [2.45, 2.75) is 0 Å². The number of anilines is 3. The minimum absolute atomic E-state index is 0.805. The van der Waals surface area contributed by atoms with Crippen molar-refractivity contribution in [2.24, 2.45) is 0 Å². The van der Waals surface area contributed by atoms with Crippen LogP contribution < -0.4 is 11.1 Å². The molecule has 0 atom stereocenters. The third-order valence-electron chi connectivity index (χ3n) is 13.4. The number of thiophene rings is 2.